The fourth-order valence-corrected chi connectivity index (χ4v) is 1.56. The topological polar surface area (TPSA) is 26.3 Å². The van der Waals surface area contributed by atoms with Crippen LogP contribution in [0.15, 0.2) is 42.5 Å². The van der Waals surface area contributed by atoms with Gasteiger partial charge in [-0.15, -0.1) is 0 Å². The van der Waals surface area contributed by atoms with E-state index in [9.17, 15) is 4.79 Å². The Morgan fingerprint density at radius 1 is 1.07 bits per heavy atom. The van der Waals surface area contributed by atoms with Gasteiger partial charge in [0.25, 0.3) is 0 Å². The fourth-order valence-electron chi connectivity index (χ4n) is 1.56. The predicted octanol–water partition coefficient (Wildman–Crippen LogP) is 2.51. The van der Waals surface area contributed by atoms with Gasteiger partial charge in [0.05, 0.1) is 13.5 Å². The molecule has 0 unspecified atom stereocenters. The van der Waals surface area contributed by atoms with E-state index in [2.05, 4.69) is 16.9 Å². The second kappa shape index (κ2) is 4.13. The second-order valence-corrected chi connectivity index (χ2v) is 3.43. The minimum Gasteiger partial charge on any atom is -0.469 e. The van der Waals surface area contributed by atoms with Gasteiger partial charge in [0.15, 0.2) is 0 Å². The maximum atomic E-state index is 11.1. The number of esters is 1. The van der Waals surface area contributed by atoms with Crippen LogP contribution in [-0.2, 0) is 16.0 Å². The molecule has 0 fully saturated rings. The summed E-state index contributed by atoms with van der Waals surface area (Å²) >= 11 is 0. The van der Waals surface area contributed by atoms with Gasteiger partial charge in [0, 0.05) is 0 Å². The van der Waals surface area contributed by atoms with Gasteiger partial charge >= 0.3 is 5.97 Å². The number of carbonyl (C=O) groups is 1. The van der Waals surface area contributed by atoms with Crippen LogP contribution < -0.4 is 0 Å². The van der Waals surface area contributed by atoms with Crippen LogP contribution in [0.2, 0.25) is 0 Å². The summed E-state index contributed by atoms with van der Waals surface area (Å²) in [6.07, 6.45) is 0.327. The standard InChI is InChI=1S/C13H12O2/c1-15-13(14)9-10-5-7-11-3-2-4-12(11)8-6-10/h2-8H,9H2,1H3. The Hall–Kier alpha value is -1.83. The minimum absolute atomic E-state index is 0.208. The Labute approximate surface area is 88.8 Å². The van der Waals surface area contributed by atoms with E-state index in [0.717, 1.165) is 5.56 Å². The fraction of sp³-hybridized carbons (Fsp3) is 0.154. The smallest absolute Gasteiger partial charge is 0.309 e. The molecule has 0 aromatic rings. The van der Waals surface area contributed by atoms with Crippen LogP contribution in [0.1, 0.15) is 5.56 Å². The third-order valence-corrected chi connectivity index (χ3v) is 2.41. The average Bonchev–Trinajstić information content (AvgIpc) is 2.62. The zero-order valence-electron chi connectivity index (χ0n) is 8.57. The third kappa shape index (κ3) is 2.15. The first kappa shape index (κ1) is 9.71. The van der Waals surface area contributed by atoms with Gasteiger partial charge < -0.3 is 4.74 Å². The van der Waals surface area contributed by atoms with E-state index in [1.807, 2.05) is 30.3 Å². The molecule has 0 N–H and O–H groups in total. The summed E-state index contributed by atoms with van der Waals surface area (Å²) in [7, 11) is 1.40. The van der Waals surface area contributed by atoms with Crippen molar-refractivity contribution in [3.05, 3.63) is 48.0 Å². The molecule has 0 aromatic carbocycles. The van der Waals surface area contributed by atoms with Gasteiger partial charge in [-0.1, -0.05) is 42.5 Å². The van der Waals surface area contributed by atoms with Crippen LogP contribution in [-0.4, -0.2) is 13.1 Å². The molecule has 0 saturated heterocycles. The molecule has 2 nitrogen and oxygen atoms in total. The Bertz CT molecular complexity index is 418. The van der Waals surface area contributed by atoms with Crippen molar-refractivity contribution in [2.24, 2.45) is 0 Å². The Morgan fingerprint density at radius 2 is 1.67 bits per heavy atom. The molecule has 0 aliphatic heterocycles. The van der Waals surface area contributed by atoms with Crippen LogP contribution in [0.4, 0.5) is 0 Å². The summed E-state index contributed by atoms with van der Waals surface area (Å²) in [5.41, 5.74) is 3.34. The van der Waals surface area contributed by atoms with Crippen LogP contribution in [0.3, 0.4) is 0 Å². The van der Waals surface area contributed by atoms with Gasteiger partial charge in [-0.3, -0.25) is 4.79 Å². The summed E-state index contributed by atoms with van der Waals surface area (Å²) < 4.78 is 4.62. The Kier molecular flexibility index (Phi) is 2.68. The summed E-state index contributed by atoms with van der Waals surface area (Å²) in [6, 6.07) is 14.1. The maximum absolute atomic E-state index is 11.1. The van der Waals surface area contributed by atoms with Crippen LogP contribution in [0.5, 0.6) is 0 Å². The van der Waals surface area contributed by atoms with E-state index >= 15 is 0 Å². The molecule has 15 heavy (non-hydrogen) atoms. The van der Waals surface area contributed by atoms with E-state index in [0.29, 0.717) is 6.42 Å². The first-order chi connectivity index (χ1) is 7.29. The molecule has 0 saturated carbocycles. The maximum Gasteiger partial charge on any atom is 0.309 e. The molecule has 0 atom stereocenters. The monoisotopic (exact) mass is 200 g/mol. The zero-order valence-corrected chi connectivity index (χ0v) is 8.57. The highest BCUT2D eigenvalue weighted by Gasteiger charge is 2.03. The van der Waals surface area contributed by atoms with Gasteiger partial charge in [-0.05, 0) is 16.7 Å². The molecule has 76 valence electrons. The van der Waals surface area contributed by atoms with Crippen LogP contribution >= 0.6 is 0 Å². The molecular formula is C13H12O2. The quantitative estimate of drug-likeness (QED) is 0.696. The normalized spacial score (nSPS) is 10.2. The first-order valence-corrected chi connectivity index (χ1v) is 4.84. The summed E-state index contributed by atoms with van der Waals surface area (Å²) in [4.78, 5) is 11.1. The SMILES string of the molecule is COC(=O)Cc1ccc2cccc-2cc1. The largest absolute Gasteiger partial charge is 0.469 e. The number of hydrogen-bond acceptors (Lipinski definition) is 2. The summed E-state index contributed by atoms with van der Waals surface area (Å²) in [5.74, 6) is -0.208. The number of methoxy groups -OCH3 is 1. The minimum atomic E-state index is -0.208. The lowest BCUT2D eigenvalue weighted by molar-refractivity contribution is -0.139. The summed E-state index contributed by atoms with van der Waals surface area (Å²) in [6.45, 7) is 0. The lowest BCUT2D eigenvalue weighted by Gasteiger charge is -1.95. The van der Waals surface area contributed by atoms with E-state index in [4.69, 9.17) is 0 Å². The molecule has 0 radical (unpaired) electrons. The number of ether oxygens (including phenoxy) is 1. The number of hydrogen-bond donors (Lipinski definition) is 0. The molecule has 0 amide bonds. The number of fused-ring (bicyclic) bond motifs is 1. The van der Waals surface area contributed by atoms with E-state index in [-0.39, 0.29) is 5.97 Å². The van der Waals surface area contributed by atoms with Crippen LogP contribution in [0.25, 0.3) is 11.1 Å². The lowest BCUT2D eigenvalue weighted by atomic mass is 10.2. The summed E-state index contributed by atoms with van der Waals surface area (Å²) in [5, 5.41) is 0. The molecule has 0 aromatic heterocycles. The molecule has 0 bridgehead atoms. The Morgan fingerprint density at radius 3 is 2.20 bits per heavy atom. The van der Waals surface area contributed by atoms with Crippen molar-refractivity contribution in [2.45, 2.75) is 6.42 Å². The molecule has 0 heterocycles. The zero-order chi connectivity index (χ0) is 10.7. The van der Waals surface area contributed by atoms with Crippen molar-refractivity contribution < 1.29 is 9.53 Å². The average molecular weight is 200 g/mol. The van der Waals surface area contributed by atoms with Crippen molar-refractivity contribution >= 4 is 5.97 Å². The number of rotatable bonds is 2. The highest BCUT2D eigenvalue weighted by molar-refractivity contribution is 5.73. The molecule has 0 spiro atoms. The molecule has 2 heteroatoms. The van der Waals surface area contributed by atoms with Gasteiger partial charge in [0.1, 0.15) is 0 Å². The number of carbonyl (C=O) groups excluding carboxylic acids is 1. The Balaban J connectivity index is 2.30. The van der Waals surface area contributed by atoms with E-state index in [1.165, 1.54) is 18.2 Å². The predicted molar refractivity (Wildman–Crippen MR) is 58.8 cm³/mol. The van der Waals surface area contributed by atoms with Crippen molar-refractivity contribution in [3.8, 4) is 11.1 Å². The molecule has 2 aliphatic rings. The molecular weight excluding hydrogens is 188 g/mol. The van der Waals surface area contributed by atoms with E-state index in [1.54, 1.807) is 0 Å². The van der Waals surface area contributed by atoms with Crippen molar-refractivity contribution in [1.82, 2.24) is 0 Å². The molecule has 2 rings (SSSR count). The highest BCUT2D eigenvalue weighted by Crippen LogP contribution is 2.21. The van der Waals surface area contributed by atoms with Gasteiger partial charge in [-0.25, -0.2) is 0 Å². The second-order valence-electron chi connectivity index (χ2n) is 3.43. The molecule has 2 aliphatic carbocycles. The van der Waals surface area contributed by atoms with E-state index < -0.39 is 0 Å². The van der Waals surface area contributed by atoms with Crippen molar-refractivity contribution in [2.75, 3.05) is 7.11 Å². The lowest BCUT2D eigenvalue weighted by Crippen LogP contribution is -2.03. The van der Waals surface area contributed by atoms with Crippen molar-refractivity contribution in [1.29, 1.82) is 0 Å². The van der Waals surface area contributed by atoms with Crippen LogP contribution in [0, 0.1) is 0 Å². The third-order valence-electron chi connectivity index (χ3n) is 2.41. The van der Waals surface area contributed by atoms with Gasteiger partial charge in [0.2, 0.25) is 0 Å². The highest BCUT2D eigenvalue weighted by atomic mass is 16.5. The van der Waals surface area contributed by atoms with Crippen molar-refractivity contribution in [3.63, 3.8) is 0 Å². The first-order valence-electron chi connectivity index (χ1n) is 4.84. The van der Waals surface area contributed by atoms with Gasteiger partial charge in [-0.2, -0.15) is 0 Å².